The van der Waals surface area contributed by atoms with Crippen molar-refractivity contribution in [3.05, 3.63) is 0 Å². The molecule has 0 aromatic carbocycles. The van der Waals surface area contributed by atoms with Gasteiger partial charge in [0.25, 0.3) is 0 Å². The summed E-state index contributed by atoms with van der Waals surface area (Å²) >= 11 is 0. The highest BCUT2D eigenvalue weighted by atomic mass is 16.4. The molecule has 17 heavy (non-hydrogen) atoms. The van der Waals surface area contributed by atoms with Crippen LogP contribution in [0.3, 0.4) is 0 Å². The van der Waals surface area contributed by atoms with Crippen molar-refractivity contribution in [2.75, 3.05) is 6.54 Å². The second-order valence-corrected chi connectivity index (χ2v) is 4.72. The highest BCUT2D eigenvalue weighted by molar-refractivity contribution is 5.75. The maximum absolute atomic E-state index is 11.3. The average molecular weight is 244 g/mol. The second kappa shape index (κ2) is 8.98. The van der Waals surface area contributed by atoms with Crippen LogP contribution in [-0.4, -0.2) is 29.6 Å². The van der Waals surface area contributed by atoms with Crippen molar-refractivity contribution >= 4 is 11.9 Å². The minimum absolute atomic E-state index is 0.0706. The zero-order valence-corrected chi connectivity index (χ0v) is 10.7. The molecule has 5 heteroatoms. The predicted molar refractivity (Wildman–Crippen MR) is 66.5 cm³/mol. The number of hydrogen-bond acceptors (Lipinski definition) is 3. The van der Waals surface area contributed by atoms with Gasteiger partial charge in [-0.15, -0.1) is 0 Å². The number of carbonyl (C=O) groups is 2. The first kappa shape index (κ1) is 15.9. The highest BCUT2D eigenvalue weighted by Gasteiger charge is 2.10. The van der Waals surface area contributed by atoms with Crippen molar-refractivity contribution in [2.24, 2.45) is 11.7 Å². The van der Waals surface area contributed by atoms with E-state index in [1.807, 2.05) is 0 Å². The van der Waals surface area contributed by atoms with E-state index >= 15 is 0 Å². The Labute approximate surface area is 103 Å². The van der Waals surface area contributed by atoms with Crippen molar-refractivity contribution in [1.29, 1.82) is 0 Å². The summed E-state index contributed by atoms with van der Waals surface area (Å²) in [4.78, 5) is 21.7. The number of aliphatic carboxylic acids is 1. The summed E-state index contributed by atoms with van der Waals surface area (Å²) in [6.07, 6.45) is 3.41. The van der Waals surface area contributed by atoms with E-state index in [2.05, 4.69) is 19.2 Å². The van der Waals surface area contributed by atoms with Gasteiger partial charge in [0, 0.05) is 13.0 Å². The molecule has 0 spiro atoms. The fourth-order valence-corrected chi connectivity index (χ4v) is 1.35. The Bertz CT molecular complexity index is 242. The minimum Gasteiger partial charge on any atom is -0.480 e. The number of nitrogens with two attached hydrogens (primary N) is 1. The van der Waals surface area contributed by atoms with Gasteiger partial charge < -0.3 is 16.2 Å². The summed E-state index contributed by atoms with van der Waals surface area (Å²) in [5, 5.41) is 11.4. The monoisotopic (exact) mass is 244 g/mol. The van der Waals surface area contributed by atoms with Gasteiger partial charge in [-0.2, -0.15) is 0 Å². The molecular formula is C12H24N2O3. The van der Waals surface area contributed by atoms with Crippen molar-refractivity contribution in [3.8, 4) is 0 Å². The van der Waals surface area contributed by atoms with E-state index in [0.717, 1.165) is 19.3 Å². The fraction of sp³-hybridized carbons (Fsp3) is 0.833. The highest BCUT2D eigenvalue weighted by Crippen LogP contribution is 2.03. The zero-order valence-electron chi connectivity index (χ0n) is 10.7. The lowest BCUT2D eigenvalue weighted by molar-refractivity contribution is -0.138. The standard InChI is InChI=1S/C12H24N2O3/c1-9(2)6-7-11(15)14-8-4-3-5-10(13)12(16)17/h9-10H,3-8,13H2,1-2H3,(H,14,15)(H,16,17). The van der Waals surface area contributed by atoms with E-state index in [1.165, 1.54) is 0 Å². The molecule has 0 aliphatic carbocycles. The number of amides is 1. The van der Waals surface area contributed by atoms with Crippen LogP contribution in [0, 0.1) is 5.92 Å². The van der Waals surface area contributed by atoms with Crippen molar-refractivity contribution in [3.63, 3.8) is 0 Å². The molecule has 100 valence electrons. The maximum Gasteiger partial charge on any atom is 0.320 e. The van der Waals surface area contributed by atoms with Crippen LogP contribution in [0.2, 0.25) is 0 Å². The molecule has 1 unspecified atom stereocenters. The zero-order chi connectivity index (χ0) is 13.3. The molecule has 1 amide bonds. The first-order valence-corrected chi connectivity index (χ1v) is 6.18. The molecule has 0 rings (SSSR count). The van der Waals surface area contributed by atoms with Gasteiger partial charge in [0.1, 0.15) is 6.04 Å². The van der Waals surface area contributed by atoms with E-state index in [4.69, 9.17) is 10.8 Å². The Morgan fingerprint density at radius 1 is 1.24 bits per heavy atom. The first-order valence-electron chi connectivity index (χ1n) is 6.18. The van der Waals surface area contributed by atoms with Crippen LogP contribution in [0.1, 0.15) is 46.0 Å². The van der Waals surface area contributed by atoms with Crippen LogP contribution in [0.5, 0.6) is 0 Å². The van der Waals surface area contributed by atoms with E-state index in [1.54, 1.807) is 0 Å². The Hall–Kier alpha value is -1.10. The topological polar surface area (TPSA) is 92.4 Å². The number of carboxylic acids is 1. The SMILES string of the molecule is CC(C)CCC(=O)NCCCCC(N)C(=O)O. The number of nitrogens with one attached hydrogen (secondary N) is 1. The number of unbranched alkanes of at least 4 members (excludes halogenated alkanes) is 1. The van der Waals surface area contributed by atoms with Gasteiger partial charge in [0.2, 0.25) is 5.91 Å². The molecule has 5 nitrogen and oxygen atoms in total. The van der Waals surface area contributed by atoms with Crippen LogP contribution in [-0.2, 0) is 9.59 Å². The normalized spacial score (nSPS) is 12.5. The molecule has 0 aliphatic heterocycles. The van der Waals surface area contributed by atoms with Crippen molar-refractivity contribution in [1.82, 2.24) is 5.32 Å². The Morgan fingerprint density at radius 2 is 1.88 bits per heavy atom. The molecule has 4 N–H and O–H groups in total. The van der Waals surface area contributed by atoms with Gasteiger partial charge in [0.15, 0.2) is 0 Å². The van der Waals surface area contributed by atoms with Crippen molar-refractivity contribution < 1.29 is 14.7 Å². The maximum atomic E-state index is 11.3. The van der Waals surface area contributed by atoms with Crippen LogP contribution < -0.4 is 11.1 Å². The van der Waals surface area contributed by atoms with Crippen LogP contribution in [0.25, 0.3) is 0 Å². The smallest absolute Gasteiger partial charge is 0.320 e. The van der Waals surface area contributed by atoms with Crippen LogP contribution in [0.15, 0.2) is 0 Å². The van der Waals surface area contributed by atoms with Crippen molar-refractivity contribution in [2.45, 2.75) is 52.0 Å². The Morgan fingerprint density at radius 3 is 2.41 bits per heavy atom. The number of rotatable bonds is 9. The number of carbonyl (C=O) groups excluding carboxylic acids is 1. The van der Waals surface area contributed by atoms with E-state index < -0.39 is 12.0 Å². The largest absolute Gasteiger partial charge is 0.480 e. The molecule has 0 bridgehead atoms. The summed E-state index contributed by atoms with van der Waals surface area (Å²) in [6.45, 7) is 4.77. The molecule has 0 aromatic heterocycles. The number of hydrogen-bond donors (Lipinski definition) is 3. The Kier molecular flexibility index (Phi) is 8.40. The predicted octanol–water partition coefficient (Wildman–Crippen LogP) is 1.12. The van der Waals surface area contributed by atoms with Gasteiger partial charge in [-0.3, -0.25) is 9.59 Å². The third kappa shape index (κ3) is 9.81. The molecule has 0 radical (unpaired) electrons. The third-order valence-electron chi connectivity index (χ3n) is 2.53. The van der Waals surface area contributed by atoms with Crippen LogP contribution in [0.4, 0.5) is 0 Å². The Balaban J connectivity index is 3.39. The molecular weight excluding hydrogens is 220 g/mol. The lowest BCUT2D eigenvalue weighted by Gasteiger charge is -2.08. The first-order chi connectivity index (χ1) is 7.93. The van der Waals surface area contributed by atoms with E-state index in [0.29, 0.717) is 25.3 Å². The summed E-state index contributed by atoms with van der Waals surface area (Å²) in [6, 6.07) is -0.786. The molecule has 0 saturated heterocycles. The van der Waals surface area contributed by atoms with Gasteiger partial charge in [-0.25, -0.2) is 0 Å². The summed E-state index contributed by atoms with van der Waals surface area (Å²) < 4.78 is 0. The van der Waals surface area contributed by atoms with E-state index in [9.17, 15) is 9.59 Å². The lowest BCUT2D eigenvalue weighted by Crippen LogP contribution is -2.30. The van der Waals surface area contributed by atoms with E-state index in [-0.39, 0.29) is 5.91 Å². The molecule has 0 aromatic rings. The van der Waals surface area contributed by atoms with Gasteiger partial charge in [-0.05, 0) is 31.6 Å². The second-order valence-electron chi connectivity index (χ2n) is 4.72. The summed E-state index contributed by atoms with van der Waals surface area (Å²) in [5.74, 6) is -0.360. The van der Waals surface area contributed by atoms with Crippen LogP contribution >= 0.6 is 0 Å². The summed E-state index contributed by atoms with van der Waals surface area (Å²) in [5.41, 5.74) is 5.35. The van der Waals surface area contributed by atoms with Gasteiger partial charge in [0.05, 0.1) is 0 Å². The number of carboxylic acid groups (broad SMARTS) is 1. The third-order valence-corrected chi connectivity index (χ3v) is 2.53. The minimum atomic E-state index is -0.967. The molecule has 0 aliphatic rings. The van der Waals surface area contributed by atoms with Gasteiger partial charge >= 0.3 is 5.97 Å². The average Bonchev–Trinajstić information content (AvgIpc) is 2.25. The molecule has 1 atom stereocenters. The molecule has 0 heterocycles. The molecule has 0 saturated carbocycles. The fourth-order valence-electron chi connectivity index (χ4n) is 1.35. The quantitative estimate of drug-likeness (QED) is 0.530. The molecule has 0 fully saturated rings. The summed E-state index contributed by atoms with van der Waals surface area (Å²) in [7, 11) is 0. The lowest BCUT2D eigenvalue weighted by atomic mass is 10.1. The van der Waals surface area contributed by atoms with Gasteiger partial charge in [-0.1, -0.05) is 13.8 Å².